The van der Waals surface area contributed by atoms with Gasteiger partial charge in [-0.3, -0.25) is 10.0 Å². The normalized spacial score (nSPS) is 16.1. The fourth-order valence-corrected chi connectivity index (χ4v) is 4.74. The molecular weight excluding hydrogens is 368 g/mol. The van der Waals surface area contributed by atoms with Gasteiger partial charge in [0.25, 0.3) is 5.91 Å². The van der Waals surface area contributed by atoms with Crippen LogP contribution in [0.1, 0.15) is 28.8 Å². The molecule has 1 heterocycles. The molecule has 0 spiro atoms. The van der Waals surface area contributed by atoms with E-state index in [2.05, 4.69) is 0 Å². The van der Waals surface area contributed by atoms with Gasteiger partial charge in [-0.1, -0.05) is 29.8 Å². The van der Waals surface area contributed by atoms with E-state index in [1.807, 2.05) is 31.2 Å². The number of amides is 1. The number of hydrogen-bond acceptors (Lipinski definition) is 5. The van der Waals surface area contributed by atoms with Gasteiger partial charge < -0.3 is 4.74 Å². The van der Waals surface area contributed by atoms with Crippen molar-refractivity contribution < 1.29 is 23.2 Å². The number of aryl methyl sites for hydroxylation is 1. The molecule has 1 amide bonds. The van der Waals surface area contributed by atoms with Gasteiger partial charge in [-0.2, -0.15) is 4.31 Å². The molecule has 0 aromatic heterocycles. The zero-order valence-electron chi connectivity index (χ0n) is 15.0. The number of ether oxygens (including phenoxy) is 1. The van der Waals surface area contributed by atoms with E-state index in [1.165, 1.54) is 21.9 Å². The van der Waals surface area contributed by atoms with Gasteiger partial charge in [0, 0.05) is 13.1 Å². The predicted molar refractivity (Wildman–Crippen MR) is 99.3 cm³/mol. The highest BCUT2D eigenvalue weighted by molar-refractivity contribution is 7.89. The van der Waals surface area contributed by atoms with Crippen LogP contribution < -0.4 is 10.2 Å². The topological polar surface area (TPSA) is 95.9 Å². The Labute approximate surface area is 158 Å². The fraction of sp³-hybridized carbons (Fsp3) is 0.316. The van der Waals surface area contributed by atoms with Crippen molar-refractivity contribution in [1.29, 1.82) is 0 Å². The number of carbonyl (C=O) groups is 1. The summed E-state index contributed by atoms with van der Waals surface area (Å²) < 4.78 is 33.2. The van der Waals surface area contributed by atoms with Gasteiger partial charge in [0.15, 0.2) is 0 Å². The molecule has 2 N–H and O–H groups in total. The highest BCUT2D eigenvalue weighted by Gasteiger charge is 2.32. The lowest BCUT2D eigenvalue weighted by atomic mass is 10.1. The predicted octanol–water partition coefficient (Wildman–Crippen LogP) is 2.35. The number of nitrogens with one attached hydrogen (secondary N) is 1. The van der Waals surface area contributed by atoms with Gasteiger partial charge in [-0.15, -0.1) is 0 Å². The summed E-state index contributed by atoms with van der Waals surface area (Å²) >= 11 is 0. The lowest BCUT2D eigenvalue weighted by molar-refractivity contribution is 0.0702. The summed E-state index contributed by atoms with van der Waals surface area (Å²) in [6.45, 7) is 2.60. The quantitative estimate of drug-likeness (QED) is 0.603. The van der Waals surface area contributed by atoms with Crippen molar-refractivity contribution in [3.05, 3.63) is 59.7 Å². The van der Waals surface area contributed by atoms with Crippen molar-refractivity contribution in [3.63, 3.8) is 0 Å². The van der Waals surface area contributed by atoms with Gasteiger partial charge in [0.2, 0.25) is 10.0 Å². The molecule has 0 bridgehead atoms. The highest BCUT2D eigenvalue weighted by Crippen LogP contribution is 2.25. The minimum Gasteiger partial charge on any atom is -0.490 e. The molecule has 1 saturated heterocycles. The van der Waals surface area contributed by atoms with E-state index < -0.39 is 15.9 Å². The largest absolute Gasteiger partial charge is 0.490 e. The second-order valence-corrected chi connectivity index (χ2v) is 8.38. The average Bonchev–Trinajstić information content (AvgIpc) is 2.69. The van der Waals surface area contributed by atoms with E-state index in [4.69, 9.17) is 9.94 Å². The fourth-order valence-electron chi connectivity index (χ4n) is 3.08. The zero-order chi connectivity index (χ0) is 19.4. The van der Waals surface area contributed by atoms with Crippen LogP contribution in [-0.2, 0) is 10.0 Å². The van der Waals surface area contributed by atoms with Gasteiger partial charge in [-0.05, 0) is 44.0 Å². The molecule has 0 unspecified atom stereocenters. The van der Waals surface area contributed by atoms with E-state index in [0.717, 1.165) is 11.3 Å². The average molecular weight is 390 g/mol. The standard InChI is InChI=1S/C19H22N2O5S/c1-14-6-8-15(9-7-14)26-16-10-12-21(13-11-16)27(24,25)18-5-3-2-4-17(18)19(22)20-23/h2-9,16,23H,10-13H2,1H3,(H,20,22). The van der Waals surface area contributed by atoms with Crippen LogP contribution in [0.25, 0.3) is 0 Å². The zero-order valence-corrected chi connectivity index (χ0v) is 15.8. The smallest absolute Gasteiger partial charge is 0.276 e. The molecule has 8 heteroatoms. The molecule has 1 fully saturated rings. The third-order valence-electron chi connectivity index (χ3n) is 4.58. The molecular formula is C19H22N2O5S. The van der Waals surface area contributed by atoms with Crippen molar-refractivity contribution in [2.45, 2.75) is 30.8 Å². The molecule has 7 nitrogen and oxygen atoms in total. The molecule has 0 radical (unpaired) electrons. The monoisotopic (exact) mass is 390 g/mol. The maximum absolute atomic E-state index is 13.0. The molecule has 2 aromatic carbocycles. The number of hydrogen-bond donors (Lipinski definition) is 2. The van der Waals surface area contributed by atoms with E-state index in [0.29, 0.717) is 25.9 Å². The van der Waals surface area contributed by atoms with E-state index in [-0.39, 0.29) is 16.6 Å². The number of nitrogens with zero attached hydrogens (tertiary/aromatic N) is 1. The van der Waals surface area contributed by atoms with Crippen LogP contribution in [0.2, 0.25) is 0 Å². The van der Waals surface area contributed by atoms with Gasteiger partial charge in [-0.25, -0.2) is 13.9 Å². The van der Waals surface area contributed by atoms with Crippen LogP contribution in [-0.4, -0.2) is 43.0 Å². The number of rotatable bonds is 5. The Hall–Kier alpha value is -2.42. The number of hydroxylamine groups is 1. The van der Waals surface area contributed by atoms with Crippen LogP contribution in [0, 0.1) is 6.92 Å². The minimum absolute atomic E-state index is 0.0601. The first-order chi connectivity index (χ1) is 12.9. The van der Waals surface area contributed by atoms with Crippen molar-refractivity contribution in [1.82, 2.24) is 9.79 Å². The number of sulfonamides is 1. The van der Waals surface area contributed by atoms with Gasteiger partial charge in [0.05, 0.1) is 10.5 Å². The Morgan fingerprint density at radius 1 is 1.11 bits per heavy atom. The van der Waals surface area contributed by atoms with Crippen molar-refractivity contribution in [3.8, 4) is 5.75 Å². The van der Waals surface area contributed by atoms with Crippen molar-refractivity contribution in [2.24, 2.45) is 0 Å². The van der Waals surface area contributed by atoms with Crippen LogP contribution in [0.3, 0.4) is 0 Å². The number of benzene rings is 2. The van der Waals surface area contributed by atoms with Gasteiger partial charge >= 0.3 is 0 Å². The van der Waals surface area contributed by atoms with E-state index >= 15 is 0 Å². The molecule has 1 aliphatic heterocycles. The Kier molecular flexibility index (Phi) is 5.79. The summed E-state index contributed by atoms with van der Waals surface area (Å²) in [6, 6.07) is 13.6. The summed E-state index contributed by atoms with van der Waals surface area (Å²) in [5.74, 6) is -0.0846. The molecule has 2 aromatic rings. The molecule has 27 heavy (non-hydrogen) atoms. The van der Waals surface area contributed by atoms with Crippen molar-refractivity contribution >= 4 is 15.9 Å². The molecule has 144 valence electrons. The summed E-state index contributed by atoms with van der Waals surface area (Å²) in [4.78, 5) is 11.7. The molecule has 0 saturated carbocycles. The molecule has 3 rings (SSSR count). The third-order valence-corrected chi connectivity index (χ3v) is 6.53. The Morgan fingerprint density at radius 3 is 2.37 bits per heavy atom. The number of carbonyl (C=O) groups excluding carboxylic acids is 1. The number of piperidine rings is 1. The Bertz CT molecular complexity index is 904. The maximum atomic E-state index is 13.0. The van der Waals surface area contributed by atoms with E-state index in [9.17, 15) is 13.2 Å². The second kappa shape index (κ2) is 8.08. The summed E-state index contributed by atoms with van der Waals surface area (Å²) in [5, 5.41) is 8.86. The minimum atomic E-state index is -3.84. The van der Waals surface area contributed by atoms with Crippen molar-refractivity contribution in [2.75, 3.05) is 13.1 Å². The van der Waals surface area contributed by atoms with Crippen LogP contribution in [0.5, 0.6) is 5.75 Å². The first-order valence-corrected chi connectivity index (χ1v) is 10.1. The van der Waals surface area contributed by atoms with Crippen LogP contribution >= 0.6 is 0 Å². The van der Waals surface area contributed by atoms with Crippen LogP contribution in [0.15, 0.2) is 53.4 Å². The molecule has 1 aliphatic rings. The lowest BCUT2D eigenvalue weighted by Crippen LogP contribution is -2.42. The Morgan fingerprint density at radius 2 is 1.74 bits per heavy atom. The van der Waals surface area contributed by atoms with E-state index in [1.54, 1.807) is 12.1 Å². The van der Waals surface area contributed by atoms with Crippen LogP contribution in [0.4, 0.5) is 0 Å². The molecule has 0 atom stereocenters. The maximum Gasteiger partial charge on any atom is 0.276 e. The highest BCUT2D eigenvalue weighted by atomic mass is 32.2. The Balaban J connectivity index is 1.70. The lowest BCUT2D eigenvalue weighted by Gasteiger charge is -2.31. The summed E-state index contributed by atoms with van der Waals surface area (Å²) in [6.07, 6.45) is 1.05. The second-order valence-electron chi connectivity index (χ2n) is 6.47. The molecule has 0 aliphatic carbocycles. The SMILES string of the molecule is Cc1ccc(OC2CCN(S(=O)(=O)c3ccccc3C(=O)NO)CC2)cc1. The van der Waals surface area contributed by atoms with Gasteiger partial charge in [0.1, 0.15) is 11.9 Å². The summed E-state index contributed by atoms with van der Waals surface area (Å²) in [5.41, 5.74) is 2.55. The summed E-state index contributed by atoms with van der Waals surface area (Å²) in [7, 11) is -3.84. The first kappa shape index (κ1) is 19.3. The third kappa shape index (κ3) is 4.29. The first-order valence-electron chi connectivity index (χ1n) is 8.69.